The number of hydrogen-bond donors (Lipinski definition) is 3. The van der Waals surface area contributed by atoms with Crippen molar-refractivity contribution in [2.45, 2.75) is 11.4 Å². The summed E-state index contributed by atoms with van der Waals surface area (Å²) in [6, 6.07) is 10.7. The zero-order chi connectivity index (χ0) is 22.9. The number of H-pyrrole nitrogens is 3. The van der Waals surface area contributed by atoms with Crippen molar-refractivity contribution in [2.75, 3.05) is 20.3 Å². The number of nitrogens with one attached hydrogen (secondary N) is 3. The van der Waals surface area contributed by atoms with E-state index >= 15 is 0 Å². The van der Waals surface area contributed by atoms with E-state index in [-0.39, 0.29) is 47.0 Å². The molecule has 32 heavy (non-hydrogen) atoms. The fraction of sp³-hybridized carbons (Fsp3) is 0.200. The van der Waals surface area contributed by atoms with Crippen LogP contribution >= 0.6 is 0 Å². The Morgan fingerprint density at radius 2 is 1.66 bits per heavy atom. The Bertz CT molecular complexity index is 1590. The van der Waals surface area contributed by atoms with Gasteiger partial charge in [0.2, 0.25) is 10.0 Å². The molecule has 0 fully saturated rings. The second-order valence-corrected chi connectivity index (χ2v) is 8.91. The van der Waals surface area contributed by atoms with Gasteiger partial charge in [-0.2, -0.15) is 4.31 Å². The maximum Gasteiger partial charge on any atom is 0.314 e. The first-order valence-electron chi connectivity index (χ1n) is 9.53. The van der Waals surface area contributed by atoms with Gasteiger partial charge in [0, 0.05) is 13.7 Å². The van der Waals surface area contributed by atoms with Gasteiger partial charge >= 0.3 is 11.1 Å². The fourth-order valence-corrected chi connectivity index (χ4v) is 4.67. The molecule has 0 spiro atoms. The van der Waals surface area contributed by atoms with E-state index in [0.29, 0.717) is 10.9 Å². The average Bonchev–Trinajstić information content (AvgIpc) is 2.77. The standard InChI is InChI=1S/C20H19N5O6S/c1-31-9-8-25(11-17-21-14-5-3-2-4-13(14)18(26)24-17)32(29,30)12-6-7-15-16(10-12)23-20(28)19(27)22-15/h2-7,10H,8-9,11H2,1H3,(H,22,27)(H,23,28)(H,21,24,26). The smallest absolute Gasteiger partial charge is 0.314 e. The average molecular weight is 457 g/mol. The molecule has 0 aliphatic carbocycles. The van der Waals surface area contributed by atoms with Gasteiger partial charge in [-0.3, -0.25) is 14.4 Å². The van der Waals surface area contributed by atoms with E-state index in [1.807, 2.05) is 0 Å². The van der Waals surface area contributed by atoms with E-state index < -0.39 is 21.1 Å². The highest BCUT2D eigenvalue weighted by Gasteiger charge is 2.26. The highest BCUT2D eigenvalue weighted by atomic mass is 32.2. The van der Waals surface area contributed by atoms with Crippen LogP contribution in [0.25, 0.3) is 21.9 Å². The van der Waals surface area contributed by atoms with Gasteiger partial charge in [-0.15, -0.1) is 0 Å². The second kappa shape index (κ2) is 8.49. The monoisotopic (exact) mass is 457 g/mol. The zero-order valence-corrected chi connectivity index (χ0v) is 17.7. The predicted octanol–water partition coefficient (Wildman–Crippen LogP) is 0.290. The van der Waals surface area contributed by atoms with Crippen molar-refractivity contribution in [3.05, 3.63) is 79.4 Å². The van der Waals surface area contributed by atoms with E-state index in [4.69, 9.17) is 4.74 Å². The Hall–Kier alpha value is -3.61. The Kier molecular flexibility index (Phi) is 5.74. The number of nitrogens with zero attached hydrogens (tertiary/aromatic N) is 2. The molecule has 0 unspecified atom stereocenters. The molecule has 0 aliphatic rings. The minimum Gasteiger partial charge on any atom is -0.383 e. The van der Waals surface area contributed by atoms with Crippen LogP contribution in [0.1, 0.15) is 5.82 Å². The lowest BCUT2D eigenvalue weighted by atomic mass is 10.2. The van der Waals surface area contributed by atoms with Crippen molar-refractivity contribution in [1.82, 2.24) is 24.2 Å². The number of ether oxygens (including phenoxy) is 1. The van der Waals surface area contributed by atoms with Gasteiger partial charge < -0.3 is 19.7 Å². The van der Waals surface area contributed by atoms with E-state index in [0.717, 1.165) is 4.31 Å². The summed E-state index contributed by atoms with van der Waals surface area (Å²) in [6.45, 7) is -0.101. The molecule has 0 atom stereocenters. The lowest BCUT2D eigenvalue weighted by Crippen LogP contribution is -2.35. The maximum absolute atomic E-state index is 13.4. The Balaban J connectivity index is 1.76. The molecule has 0 radical (unpaired) electrons. The van der Waals surface area contributed by atoms with Gasteiger partial charge in [-0.25, -0.2) is 13.4 Å². The second-order valence-electron chi connectivity index (χ2n) is 6.98. The number of methoxy groups -OCH3 is 1. The van der Waals surface area contributed by atoms with Crippen LogP contribution in [0.4, 0.5) is 0 Å². The number of aromatic amines is 3. The van der Waals surface area contributed by atoms with Crippen molar-refractivity contribution in [3.63, 3.8) is 0 Å². The third kappa shape index (κ3) is 4.10. The van der Waals surface area contributed by atoms with E-state index in [2.05, 4.69) is 19.9 Å². The number of rotatable bonds is 7. The quantitative estimate of drug-likeness (QED) is 0.337. The number of fused-ring (bicyclic) bond motifs is 2. The summed E-state index contributed by atoms with van der Waals surface area (Å²) >= 11 is 0. The van der Waals surface area contributed by atoms with Crippen LogP contribution in [0.3, 0.4) is 0 Å². The molecular weight excluding hydrogens is 438 g/mol. The molecule has 4 aromatic rings. The normalized spacial score (nSPS) is 12.1. The van der Waals surface area contributed by atoms with Crippen LogP contribution in [0.15, 0.2) is 61.7 Å². The van der Waals surface area contributed by atoms with Crippen molar-refractivity contribution in [3.8, 4) is 0 Å². The van der Waals surface area contributed by atoms with Crippen molar-refractivity contribution in [2.24, 2.45) is 0 Å². The first kappa shape index (κ1) is 21.6. The first-order chi connectivity index (χ1) is 15.3. The summed E-state index contributed by atoms with van der Waals surface area (Å²) in [4.78, 5) is 47.1. The fourth-order valence-electron chi connectivity index (χ4n) is 3.26. The SMILES string of the molecule is COCCN(Cc1nc2ccccc2c(=O)[nH]1)S(=O)(=O)c1ccc2[nH]c(=O)c(=O)[nH]c2c1. The third-order valence-electron chi connectivity index (χ3n) is 4.86. The predicted molar refractivity (Wildman–Crippen MR) is 117 cm³/mol. The van der Waals surface area contributed by atoms with Crippen LogP contribution in [0.5, 0.6) is 0 Å². The number of benzene rings is 2. The molecule has 0 aliphatic heterocycles. The minimum absolute atomic E-state index is 0.00441. The molecule has 4 rings (SSSR count). The molecule has 166 valence electrons. The summed E-state index contributed by atoms with van der Waals surface area (Å²) in [6.07, 6.45) is 0. The number of para-hydroxylation sites is 1. The Labute approximate surface area is 180 Å². The summed E-state index contributed by atoms with van der Waals surface area (Å²) < 4.78 is 32.9. The van der Waals surface area contributed by atoms with Gasteiger partial charge in [0.15, 0.2) is 0 Å². The van der Waals surface area contributed by atoms with Crippen LogP contribution in [-0.2, 0) is 21.3 Å². The molecule has 0 saturated carbocycles. The maximum atomic E-state index is 13.4. The molecular formula is C20H19N5O6S. The molecule has 2 aromatic carbocycles. The van der Waals surface area contributed by atoms with Gasteiger partial charge in [0.25, 0.3) is 5.56 Å². The van der Waals surface area contributed by atoms with Crippen LogP contribution in [0.2, 0.25) is 0 Å². The third-order valence-corrected chi connectivity index (χ3v) is 6.71. The molecule has 0 amide bonds. The van der Waals surface area contributed by atoms with Crippen LogP contribution < -0.4 is 16.7 Å². The number of aromatic nitrogens is 4. The zero-order valence-electron chi connectivity index (χ0n) is 16.9. The Morgan fingerprint density at radius 3 is 2.41 bits per heavy atom. The topological polar surface area (TPSA) is 158 Å². The number of sulfonamides is 1. The lowest BCUT2D eigenvalue weighted by molar-refractivity contribution is 0.176. The molecule has 0 bridgehead atoms. The van der Waals surface area contributed by atoms with Crippen molar-refractivity contribution < 1.29 is 13.2 Å². The molecule has 12 heteroatoms. The van der Waals surface area contributed by atoms with Gasteiger partial charge in [-0.1, -0.05) is 12.1 Å². The summed E-state index contributed by atoms with van der Waals surface area (Å²) in [7, 11) is -2.63. The van der Waals surface area contributed by atoms with E-state index in [1.54, 1.807) is 24.3 Å². The molecule has 2 heterocycles. The van der Waals surface area contributed by atoms with Crippen molar-refractivity contribution in [1.29, 1.82) is 0 Å². The molecule has 11 nitrogen and oxygen atoms in total. The van der Waals surface area contributed by atoms with E-state index in [9.17, 15) is 22.8 Å². The van der Waals surface area contributed by atoms with Crippen LogP contribution in [0, 0.1) is 0 Å². The van der Waals surface area contributed by atoms with Crippen LogP contribution in [-0.4, -0.2) is 52.9 Å². The summed E-state index contributed by atoms with van der Waals surface area (Å²) in [5, 5.41) is 0.398. The summed E-state index contributed by atoms with van der Waals surface area (Å²) in [5.74, 6) is 0.173. The highest BCUT2D eigenvalue weighted by Crippen LogP contribution is 2.20. The summed E-state index contributed by atoms with van der Waals surface area (Å²) in [5.41, 5.74) is -1.19. The van der Waals surface area contributed by atoms with Gasteiger partial charge in [0.1, 0.15) is 5.82 Å². The number of hydrogen-bond acceptors (Lipinski definition) is 7. The minimum atomic E-state index is -4.07. The molecule has 0 saturated heterocycles. The molecule has 3 N–H and O–H groups in total. The van der Waals surface area contributed by atoms with Gasteiger partial charge in [0.05, 0.1) is 40.0 Å². The highest BCUT2D eigenvalue weighted by molar-refractivity contribution is 7.89. The van der Waals surface area contributed by atoms with E-state index in [1.165, 1.54) is 25.3 Å². The van der Waals surface area contributed by atoms with Crippen molar-refractivity contribution >= 4 is 32.0 Å². The lowest BCUT2D eigenvalue weighted by Gasteiger charge is -2.21. The largest absolute Gasteiger partial charge is 0.383 e. The first-order valence-corrected chi connectivity index (χ1v) is 11.0. The molecule has 2 aromatic heterocycles. The van der Waals surface area contributed by atoms with Gasteiger partial charge in [-0.05, 0) is 30.3 Å². The Morgan fingerprint density at radius 1 is 0.938 bits per heavy atom.